The van der Waals surface area contributed by atoms with Gasteiger partial charge >= 0.3 is 0 Å². The molecule has 1 aromatic carbocycles. The molecule has 1 atom stereocenters. The van der Waals surface area contributed by atoms with Crippen molar-refractivity contribution in [2.45, 2.75) is 25.9 Å². The Hall–Kier alpha value is -0.820. The van der Waals surface area contributed by atoms with Gasteiger partial charge in [-0.2, -0.15) is 0 Å². The third-order valence-electron chi connectivity index (χ3n) is 2.30. The summed E-state index contributed by atoms with van der Waals surface area (Å²) < 4.78 is 5.29. The second-order valence-corrected chi connectivity index (χ2v) is 3.61. The fourth-order valence-electron chi connectivity index (χ4n) is 1.56. The third-order valence-corrected chi connectivity index (χ3v) is 2.30. The van der Waals surface area contributed by atoms with Crippen molar-refractivity contribution in [3.05, 3.63) is 35.4 Å². The summed E-state index contributed by atoms with van der Waals surface area (Å²) in [6.07, 6.45) is 0.392. The maximum Gasteiger partial charge on any atom is 0.106 e. The lowest BCUT2D eigenvalue weighted by atomic mass is 9.96. The van der Waals surface area contributed by atoms with E-state index in [1.54, 1.807) is 0 Å². The first-order valence-corrected chi connectivity index (χ1v) is 4.49. The van der Waals surface area contributed by atoms with Crippen molar-refractivity contribution in [2.75, 3.05) is 6.61 Å². The maximum absolute atomic E-state index is 5.29. The van der Waals surface area contributed by atoms with Crippen LogP contribution in [0.25, 0.3) is 0 Å². The summed E-state index contributed by atoms with van der Waals surface area (Å²) >= 11 is 0. The van der Waals surface area contributed by atoms with Gasteiger partial charge in [-0.1, -0.05) is 38.1 Å². The van der Waals surface area contributed by atoms with Crippen LogP contribution in [0.5, 0.6) is 0 Å². The van der Waals surface area contributed by atoms with Gasteiger partial charge in [-0.15, -0.1) is 0 Å². The molecule has 0 amide bonds. The Kier molecular flexibility index (Phi) is 1.89. The smallest absolute Gasteiger partial charge is 0.106 e. The first-order valence-electron chi connectivity index (χ1n) is 4.49. The highest BCUT2D eigenvalue weighted by atomic mass is 16.6. The van der Waals surface area contributed by atoms with Gasteiger partial charge in [0.05, 0.1) is 6.61 Å². The number of epoxide rings is 1. The predicted molar refractivity (Wildman–Crippen MR) is 49.2 cm³/mol. The fourth-order valence-corrected chi connectivity index (χ4v) is 1.56. The zero-order valence-electron chi connectivity index (χ0n) is 7.58. The van der Waals surface area contributed by atoms with Gasteiger partial charge in [0.25, 0.3) is 0 Å². The van der Waals surface area contributed by atoms with Crippen molar-refractivity contribution >= 4 is 0 Å². The van der Waals surface area contributed by atoms with Crippen LogP contribution in [-0.4, -0.2) is 6.61 Å². The molecule has 0 radical (unpaired) electrons. The van der Waals surface area contributed by atoms with Gasteiger partial charge in [-0.05, 0) is 17.0 Å². The number of hydrogen-bond acceptors (Lipinski definition) is 1. The molecule has 0 N–H and O–H groups in total. The Morgan fingerprint density at radius 1 is 1.33 bits per heavy atom. The SMILES string of the molecule is CC(C)c1ccccc1[C@@H]1CO1. The summed E-state index contributed by atoms with van der Waals surface area (Å²) in [7, 11) is 0. The molecule has 1 aliphatic rings. The molecule has 0 saturated carbocycles. The molecule has 0 unspecified atom stereocenters. The molecular formula is C11H14O. The Morgan fingerprint density at radius 2 is 2.00 bits per heavy atom. The Balaban J connectivity index is 2.36. The first-order chi connectivity index (χ1) is 5.79. The van der Waals surface area contributed by atoms with Crippen molar-refractivity contribution in [3.63, 3.8) is 0 Å². The number of hydrogen-bond donors (Lipinski definition) is 0. The monoisotopic (exact) mass is 162 g/mol. The minimum atomic E-state index is 0.392. The second-order valence-electron chi connectivity index (χ2n) is 3.61. The summed E-state index contributed by atoms with van der Waals surface area (Å²) in [5.41, 5.74) is 2.81. The molecule has 12 heavy (non-hydrogen) atoms. The summed E-state index contributed by atoms with van der Waals surface area (Å²) in [5, 5.41) is 0. The molecular weight excluding hydrogens is 148 g/mol. The van der Waals surface area contributed by atoms with E-state index in [1.807, 2.05) is 0 Å². The lowest BCUT2D eigenvalue weighted by Crippen LogP contribution is -1.94. The van der Waals surface area contributed by atoms with Crippen molar-refractivity contribution in [1.82, 2.24) is 0 Å². The number of benzene rings is 1. The van der Waals surface area contributed by atoms with Crippen LogP contribution in [0.1, 0.15) is 37.0 Å². The lowest BCUT2D eigenvalue weighted by Gasteiger charge is -2.09. The minimum Gasteiger partial charge on any atom is -0.368 e. The summed E-state index contributed by atoms with van der Waals surface area (Å²) in [6, 6.07) is 8.55. The molecule has 1 fully saturated rings. The Labute approximate surface area is 73.4 Å². The average Bonchev–Trinajstić information content (AvgIpc) is 2.87. The van der Waals surface area contributed by atoms with Crippen molar-refractivity contribution in [3.8, 4) is 0 Å². The Bertz CT molecular complexity index is 253. The largest absolute Gasteiger partial charge is 0.368 e. The Morgan fingerprint density at radius 3 is 2.58 bits per heavy atom. The van der Waals surface area contributed by atoms with Crippen LogP contribution >= 0.6 is 0 Å². The molecule has 0 aliphatic carbocycles. The zero-order valence-corrected chi connectivity index (χ0v) is 7.58. The van der Waals surface area contributed by atoms with E-state index in [-0.39, 0.29) is 0 Å². The molecule has 0 aromatic heterocycles. The van der Waals surface area contributed by atoms with E-state index in [0.29, 0.717) is 12.0 Å². The van der Waals surface area contributed by atoms with Gasteiger partial charge in [-0.3, -0.25) is 0 Å². The third kappa shape index (κ3) is 1.37. The molecule has 2 rings (SSSR count). The zero-order chi connectivity index (χ0) is 8.55. The molecule has 64 valence electrons. The van der Waals surface area contributed by atoms with Crippen LogP contribution in [0.15, 0.2) is 24.3 Å². The maximum atomic E-state index is 5.29. The topological polar surface area (TPSA) is 12.5 Å². The van der Waals surface area contributed by atoms with Gasteiger partial charge in [0.1, 0.15) is 6.10 Å². The second kappa shape index (κ2) is 2.91. The molecule has 1 heteroatoms. The highest BCUT2D eigenvalue weighted by molar-refractivity contribution is 5.33. The minimum absolute atomic E-state index is 0.392. The number of rotatable bonds is 2. The fraction of sp³-hybridized carbons (Fsp3) is 0.455. The van der Waals surface area contributed by atoms with E-state index in [0.717, 1.165) is 6.61 Å². The van der Waals surface area contributed by atoms with E-state index in [1.165, 1.54) is 11.1 Å². The summed E-state index contributed by atoms with van der Waals surface area (Å²) in [4.78, 5) is 0. The van der Waals surface area contributed by atoms with Crippen molar-refractivity contribution < 1.29 is 4.74 Å². The van der Waals surface area contributed by atoms with Crippen LogP contribution in [0.4, 0.5) is 0 Å². The van der Waals surface area contributed by atoms with Crippen LogP contribution < -0.4 is 0 Å². The van der Waals surface area contributed by atoms with Gasteiger partial charge in [0, 0.05) is 0 Å². The lowest BCUT2D eigenvalue weighted by molar-refractivity contribution is 0.414. The van der Waals surface area contributed by atoms with E-state index in [9.17, 15) is 0 Å². The first kappa shape index (κ1) is 7.81. The van der Waals surface area contributed by atoms with Gasteiger partial charge in [0.15, 0.2) is 0 Å². The van der Waals surface area contributed by atoms with Gasteiger partial charge in [0.2, 0.25) is 0 Å². The van der Waals surface area contributed by atoms with Crippen LogP contribution in [0.3, 0.4) is 0 Å². The molecule has 0 spiro atoms. The van der Waals surface area contributed by atoms with Crippen LogP contribution in [0, 0.1) is 0 Å². The van der Waals surface area contributed by atoms with Gasteiger partial charge in [-0.25, -0.2) is 0 Å². The van der Waals surface area contributed by atoms with Crippen LogP contribution in [-0.2, 0) is 4.74 Å². The van der Waals surface area contributed by atoms with E-state index >= 15 is 0 Å². The van der Waals surface area contributed by atoms with E-state index in [2.05, 4.69) is 38.1 Å². The number of ether oxygens (including phenoxy) is 1. The summed E-state index contributed by atoms with van der Waals surface area (Å²) in [5.74, 6) is 0.602. The van der Waals surface area contributed by atoms with E-state index < -0.39 is 0 Å². The standard InChI is InChI=1S/C11H14O/c1-8(2)9-5-3-4-6-10(9)11-7-12-11/h3-6,8,11H,7H2,1-2H3/t11-/m0/s1. The normalized spacial score (nSPS) is 21.4. The van der Waals surface area contributed by atoms with Crippen molar-refractivity contribution in [2.24, 2.45) is 0 Å². The molecule has 1 heterocycles. The molecule has 1 aliphatic heterocycles. The molecule has 1 saturated heterocycles. The van der Waals surface area contributed by atoms with E-state index in [4.69, 9.17) is 4.74 Å². The molecule has 1 nitrogen and oxygen atoms in total. The molecule has 1 aromatic rings. The van der Waals surface area contributed by atoms with Crippen molar-refractivity contribution in [1.29, 1.82) is 0 Å². The predicted octanol–water partition coefficient (Wildman–Crippen LogP) is 2.88. The highest BCUT2D eigenvalue weighted by Gasteiger charge is 2.27. The quantitative estimate of drug-likeness (QED) is 0.609. The highest BCUT2D eigenvalue weighted by Crippen LogP contribution is 2.34. The van der Waals surface area contributed by atoms with Gasteiger partial charge < -0.3 is 4.74 Å². The average molecular weight is 162 g/mol. The molecule has 0 bridgehead atoms. The van der Waals surface area contributed by atoms with Crippen LogP contribution in [0.2, 0.25) is 0 Å². The summed E-state index contributed by atoms with van der Waals surface area (Å²) in [6.45, 7) is 5.35.